The second-order valence-corrected chi connectivity index (χ2v) is 8.24. The van der Waals surface area contributed by atoms with Crippen LogP contribution in [0.15, 0.2) is 24.3 Å². The van der Waals surface area contributed by atoms with Gasteiger partial charge in [-0.05, 0) is 24.5 Å². The highest BCUT2D eigenvalue weighted by Crippen LogP contribution is 2.20. The smallest absolute Gasteiger partial charge is 0.230 e. The van der Waals surface area contributed by atoms with Crippen LogP contribution in [0, 0.1) is 0 Å². The molecule has 146 valence electrons. The Bertz CT molecular complexity index is 714. The summed E-state index contributed by atoms with van der Waals surface area (Å²) in [5, 5.41) is 12.4. The van der Waals surface area contributed by atoms with Gasteiger partial charge in [-0.2, -0.15) is 0 Å². The second-order valence-electron chi connectivity index (χ2n) is 6.74. The number of hydrogen-bond acceptors (Lipinski definition) is 5. The number of benzene rings is 1. The van der Waals surface area contributed by atoms with Gasteiger partial charge in [-0.25, -0.2) is 0 Å². The summed E-state index contributed by atoms with van der Waals surface area (Å²) in [6.45, 7) is 0.355. The minimum atomic E-state index is -0.393. The number of amides is 3. The zero-order valence-corrected chi connectivity index (χ0v) is 16.4. The van der Waals surface area contributed by atoms with Crippen LogP contribution < -0.4 is 21.3 Å². The zero-order valence-electron chi connectivity index (χ0n) is 14.8. The van der Waals surface area contributed by atoms with Crippen LogP contribution in [0.4, 0.5) is 0 Å². The van der Waals surface area contributed by atoms with Crippen molar-refractivity contribution in [3.8, 4) is 0 Å². The maximum absolute atomic E-state index is 12.1. The molecular formula is C18H23ClN4O3S. The molecule has 3 amide bonds. The Morgan fingerprint density at radius 3 is 2.74 bits per heavy atom. The molecule has 0 aromatic heterocycles. The zero-order chi connectivity index (χ0) is 19.2. The first kappa shape index (κ1) is 20.0. The van der Waals surface area contributed by atoms with E-state index in [9.17, 15) is 14.4 Å². The highest BCUT2D eigenvalue weighted by atomic mass is 35.5. The van der Waals surface area contributed by atoms with E-state index in [1.165, 1.54) is 11.8 Å². The average Bonchev–Trinajstić information content (AvgIpc) is 3.42. The number of thioether (sulfide) groups is 1. The number of rotatable bonds is 8. The maximum Gasteiger partial charge on any atom is 0.230 e. The van der Waals surface area contributed by atoms with E-state index >= 15 is 0 Å². The van der Waals surface area contributed by atoms with Crippen molar-refractivity contribution in [1.29, 1.82) is 0 Å². The fourth-order valence-electron chi connectivity index (χ4n) is 2.75. The lowest BCUT2D eigenvalue weighted by molar-refractivity contribution is -0.125. The maximum atomic E-state index is 12.1. The fraction of sp³-hybridized carbons (Fsp3) is 0.500. The molecule has 0 spiro atoms. The van der Waals surface area contributed by atoms with Gasteiger partial charge >= 0.3 is 0 Å². The summed E-state index contributed by atoms with van der Waals surface area (Å²) >= 11 is 7.35. The molecule has 1 aliphatic heterocycles. The van der Waals surface area contributed by atoms with Gasteiger partial charge in [0.05, 0.1) is 5.75 Å². The first-order valence-corrected chi connectivity index (χ1v) is 10.4. The van der Waals surface area contributed by atoms with Crippen LogP contribution in [0.2, 0.25) is 5.02 Å². The molecule has 1 heterocycles. The van der Waals surface area contributed by atoms with E-state index in [1.54, 1.807) is 6.07 Å². The van der Waals surface area contributed by atoms with Gasteiger partial charge in [0.15, 0.2) is 0 Å². The van der Waals surface area contributed by atoms with E-state index < -0.39 is 5.50 Å². The Kier molecular flexibility index (Phi) is 6.98. The third-order valence-corrected chi connectivity index (χ3v) is 5.69. The summed E-state index contributed by atoms with van der Waals surface area (Å²) in [5.74, 6) is -0.119. The van der Waals surface area contributed by atoms with Crippen LogP contribution in [0.5, 0.6) is 0 Å². The topological polar surface area (TPSA) is 99.3 Å². The number of carbonyl (C=O) groups is 3. The summed E-state index contributed by atoms with van der Waals surface area (Å²) in [6.07, 6.45) is 2.59. The van der Waals surface area contributed by atoms with E-state index in [0.29, 0.717) is 17.6 Å². The summed E-state index contributed by atoms with van der Waals surface area (Å²) in [6, 6.07) is 7.42. The Morgan fingerprint density at radius 1 is 1.22 bits per heavy atom. The Hall–Kier alpha value is -1.77. The third-order valence-electron chi connectivity index (χ3n) is 4.30. The lowest BCUT2D eigenvalue weighted by atomic mass is 10.1. The van der Waals surface area contributed by atoms with E-state index in [0.717, 1.165) is 18.4 Å². The standard InChI is InChI=1S/C18H23ClN4O3S/c19-14-4-2-1-3-11(14)9-20-17(26)10-27-18-22-13(8-16(25)23-18)7-15(24)21-12-5-6-12/h1-4,12-13,18,22H,5-10H2,(H,20,26)(H,21,24)(H,23,25). The minimum absolute atomic E-state index is 0.0362. The second kappa shape index (κ2) is 9.43. The molecule has 2 aliphatic rings. The molecule has 7 nitrogen and oxygen atoms in total. The molecule has 0 radical (unpaired) electrons. The quantitative estimate of drug-likeness (QED) is 0.514. The van der Waals surface area contributed by atoms with Crippen molar-refractivity contribution in [2.45, 2.75) is 49.8 Å². The molecular weight excluding hydrogens is 388 g/mol. The molecule has 27 heavy (non-hydrogen) atoms. The van der Waals surface area contributed by atoms with Crippen LogP contribution in [-0.2, 0) is 20.9 Å². The van der Waals surface area contributed by atoms with Crippen molar-refractivity contribution in [3.63, 3.8) is 0 Å². The van der Waals surface area contributed by atoms with Crippen molar-refractivity contribution in [2.75, 3.05) is 5.75 Å². The molecule has 1 aromatic rings. The van der Waals surface area contributed by atoms with Crippen molar-refractivity contribution < 1.29 is 14.4 Å². The molecule has 2 fully saturated rings. The van der Waals surface area contributed by atoms with Crippen molar-refractivity contribution >= 4 is 41.1 Å². The third kappa shape index (κ3) is 6.71. The fourth-order valence-corrected chi connectivity index (χ4v) is 3.87. The van der Waals surface area contributed by atoms with Crippen LogP contribution in [-0.4, -0.2) is 41.1 Å². The molecule has 0 bridgehead atoms. The lowest BCUT2D eigenvalue weighted by Gasteiger charge is -2.30. The summed E-state index contributed by atoms with van der Waals surface area (Å²) in [4.78, 5) is 35.9. The molecule has 1 saturated heterocycles. The molecule has 1 aliphatic carbocycles. The molecule has 3 rings (SSSR count). The highest BCUT2D eigenvalue weighted by molar-refractivity contribution is 8.00. The first-order valence-electron chi connectivity index (χ1n) is 8.96. The van der Waals surface area contributed by atoms with Crippen molar-refractivity contribution in [3.05, 3.63) is 34.9 Å². The summed E-state index contributed by atoms with van der Waals surface area (Å²) < 4.78 is 0. The SMILES string of the molecule is O=C(CSC1NC(=O)CC(CC(=O)NC2CC2)N1)NCc1ccccc1Cl. The van der Waals surface area contributed by atoms with E-state index in [-0.39, 0.29) is 42.4 Å². The number of halogens is 1. The van der Waals surface area contributed by atoms with Gasteiger partial charge in [0.25, 0.3) is 0 Å². The van der Waals surface area contributed by atoms with Gasteiger partial charge in [-0.15, -0.1) is 11.8 Å². The van der Waals surface area contributed by atoms with Gasteiger partial charge in [0, 0.05) is 36.5 Å². The van der Waals surface area contributed by atoms with Gasteiger partial charge in [-0.3, -0.25) is 19.7 Å². The van der Waals surface area contributed by atoms with Gasteiger partial charge < -0.3 is 16.0 Å². The number of nitrogens with one attached hydrogen (secondary N) is 4. The normalized spacial score (nSPS) is 22.0. The highest BCUT2D eigenvalue weighted by Gasteiger charge is 2.30. The molecule has 4 N–H and O–H groups in total. The van der Waals surface area contributed by atoms with Crippen LogP contribution in [0.25, 0.3) is 0 Å². The van der Waals surface area contributed by atoms with Gasteiger partial charge in [0.2, 0.25) is 17.7 Å². The molecule has 1 aromatic carbocycles. The first-order chi connectivity index (χ1) is 13.0. The average molecular weight is 411 g/mol. The monoisotopic (exact) mass is 410 g/mol. The summed E-state index contributed by atoms with van der Waals surface area (Å²) in [5.41, 5.74) is 0.458. The molecule has 9 heteroatoms. The Balaban J connectivity index is 1.39. The molecule has 2 atom stereocenters. The largest absolute Gasteiger partial charge is 0.353 e. The number of hydrogen-bond donors (Lipinski definition) is 4. The Labute approximate surface area is 167 Å². The van der Waals surface area contributed by atoms with E-state index in [4.69, 9.17) is 11.6 Å². The van der Waals surface area contributed by atoms with E-state index in [2.05, 4.69) is 21.3 Å². The van der Waals surface area contributed by atoms with E-state index in [1.807, 2.05) is 18.2 Å². The van der Waals surface area contributed by atoms with Gasteiger partial charge in [0.1, 0.15) is 5.50 Å². The van der Waals surface area contributed by atoms with Crippen LogP contribution in [0.3, 0.4) is 0 Å². The van der Waals surface area contributed by atoms with Crippen molar-refractivity contribution in [2.24, 2.45) is 0 Å². The Morgan fingerprint density at radius 2 is 2.00 bits per heavy atom. The summed E-state index contributed by atoms with van der Waals surface area (Å²) in [7, 11) is 0. The predicted molar refractivity (Wildman–Crippen MR) is 105 cm³/mol. The van der Waals surface area contributed by atoms with Crippen molar-refractivity contribution in [1.82, 2.24) is 21.3 Å². The van der Waals surface area contributed by atoms with Crippen LogP contribution >= 0.6 is 23.4 Å². The van der Waals surface area contributed by atoms with Gasteiger partial charge in [-0.1, -0.05) is 29.8 Å². The molecule has 2 unspecified atom stereocenters. The minimum Gasteiger partial charge on any atom is -0.353 e. The molecule has 1 saturated carbocycles. The lowest BCUT2D eigenvalue weighted by Crippen LogP contribution is -2.56. The van der Waals surface area contributed by atoms with Crippen LogP contribution in [0.1, 0.15) is 31.2 Å². The number of carbonyl (C=O) groups excluding carboxylic acids is 3. The predicted octanol–water partition coefficient (Wildman–Crippen LogP) is 1.12.